The highest BCUT2D eigenvalue weighted by Crippen LogP contribution is 2.44. The van der Waals surface area contributed by atoms with E-state index < -0.39 is 5.97 Å². The number of fused-ring (bicyclic) bond motifs is 3. The molecular formula is C20H21NO4. The summed E-state index contributed by atoms with van der Waals surface area (Å²) in [7, 11) is 0. The lowest BCUT2D eigenvalue weighted by Crippen LogP contribution is -2.35. The molecule has 2 aromatic rings. The number of hydrogen-bond donors (Lipinski definition) is 2. The number of carbonyl (C=O) groups is 2. The molecule has 0 aliphatic heterocycles. The summed E-state index contributed by atoms with van der Waals surface area (Å²) in [6.07, 6.45) is 0.175. The number of carboxylic acid groups (broad SMARTS) is 1. The van der Waals surface area contributed by atoms with Crippen LogP contribution in [0.4, 0.5) is 0 Å². The minimum atomic E-state index is -0.864. The molecule has 0 saturated carbocycles. The molecule has 1 aliphatic rings. The second kappa shape index (κ2) is 7.49. The molecule has 0 unspecified atom stereocenters. The Hall–Kier alpha value is -2.66. The fraction of sp³-hybridized carbons (Fsp3) is 0.300. The number of nitrogens with one attached hydrogen (secondary N) is 1. The van der Waals surface area contributed by atoms with E-state index in [4.69, 9.17) is 9.84 Å². The van der Waals surface area contributed by atoms with E-state index in [0.717, 1.165) is 22.3 Å². The third kappa shape index (κ3) is 3.88. The number of ether oxygens (including phenoxy) is 1. The van der Waals surface area contributed by atoms with Gasteiger partial charge in [-0.2, -0.15) is 0 Å². The summed E-state index contributed by atoms with van der Waals surface area (Å²) < 4.78 is 5.92. The molecule has 0 spiro atoms. The van der Waals surface area contributed by atoms with E-state index in [-0.39, 0.29) is 31.1 Å². The van der Waals surface area contributed by atoms with Crippen molar-refractivity contribution in [2.24, 2.45) is 0 Å². The standard InChI is InChI=1S/C20H21NO4/c1-13(10-11-19(23)24)21-18(22)12-25-20-16-8-4-2-6-14(16)15-7-3-5-9-17(15)20/h2-9,13,20H,10-12H2,1H3,(H,21,22)(H,23,24)/t13-/m1/s1. The van der Waals surface area contributed by atoms with Gasteiger partial charge in [-0.1, -0.05) is 48.5 Å². The Balaban J connectivity index is 1.63. The van der Waals surface area contributed by atoms with Crippen molar-refractivity contribution >= 4 is 11.9 Å². The van der Waals surface area contributed by atoms with Gasteiger partial charge in [0.05, 0.1) is 0 Å². The lowest BCUT2D eigenvalue weighted by Gasteiger charge is -2.17. The lowest BCUT2D eigenvalue weighted by molar-refractivity contribution is -0.137. The van der Waals surface area contributed by atoms with Crippen molar-refractivity contribution in [3.63, 3.8) is 0 Å². The predicted octanol–water partition coefficient (Wildman–Crippen LogP) is 3.14. The van der Waals surface area contributed by atoms with Crippen molar-refractivity contribution < 1.29 is 19.4 Å². The molecule has 0 aromatic heterocycles. The maximum Gasteiger partial charge on any atom is 0.303 e. The average Bonchev–Trinajstić information content (AvgIpc) is 2.92. The highest BCUT2D eigenvalue weighted by molar-refractivity contribution is 5.79. The third-order valence-electron chi connectivity index (χ3n) is 4.36. The van der Waals surface area contributed by atoms with Crippen molar-refractivity contribution in [2.75, 3.05) is 6.61 Å². The summed E-state index contributed by atoms with van der Waals surface area (Å²) in [5, 5.41) is 11.5. The van der Waals surface area contributed by atoms with Gasteiger partial charge in [0, 0.05) is 12.5 Å². The molecule has 1 amide bonds. The van der Waals surface area contributed by atoms with Crippen LogP contribution in [-0.4, -0.2) is 29.6 Å². The predicted molar refractivity (Wildman–Crippen MR) is 94.1 cm³/mol. The van der Waals surface area contributed by atoms with Crippen molar-refractivity contribution in [2.45, 2.75) is 31.9 Å². The molecule has 0 saturated heterocycles. The molecule has 5 nitrogen and oxygen atoms in total. The maximum absolute atomic E-state index is 12.1. The first-order valence-corrected chi connectivity index (χ1v) is 8.37. The van der Waals surface area contributed by atoms with Gasteiger partial charge >= 0.3 is 5.97 Å². The number of amides is 1. The van der Waals surface area contributed by atoms with Crippen molar-refractivity contribution in [3.05, 3.63) is 59.7 Å². The largest absolute Gasteiger partial charge is 0.481 e. The van der Waals surface area contributed by atoms with E-state index in [1.165, 1.54) is 0 Å². The number of benzene rings is 2. The number of hydrogen-bond acceptors (Lipinski definition) is 3. The lowest BCUT2D eigenvalue weighted by atomic mass is 10.1. The highest BCUT2D eigenvalue weighted by Gasteiger charge is 2.29. The van der Waals surface area contributed by atoms with E-state index in [1.54, 1.807) is 6.92 Å². The van der Waals surface area contributed by atoms with Crippen LogP contribution in [0.15, 0.2) is 48.5 Å². The van der Waals surface area contributed by atoms with Crippen LogP contribution in [0.5, 0.6) is 0 Å². The molecule has 130 valence electrons. The molecule has 5 heteroatoms. The van der Waals surface area contributed by atoms with E-state index in [9.17, 15) is 9.59 Å². The maximum atomic E-state index is 12.1. The molecule has 0 heterocycles. The Morgan fingerprint density at radius 2 is 1.64 bits per heavy atom. The number of aliphatic carboxylic acids is 1. The minimum absolute atomic E-state index is 0.0334. The first kappa shape index (κ1) is 17.2. The van der Waals surface area contributed by atoms with E-state index in [2.05, 4.69) is 17.4 Å². The molecule has 1 aliphatic carbocycles. The van der Waals surface area contributed by atoms with Crippen LogP contribution < -0.4 is 5.32 Å². The van der Waals surface area contributed by atoms with Gasteiger partial charge in [-0.15, -0.1) is 0 Å². The fourth-order valence-electron chi connectivity index (χ4n) is 3.18. The Morgan fingerprint density at radius 1 is 1.08 bits per heavy atom. The van der Waals surface area contributed by atoms with Gasteiger partial charge in [0.2, 0.25) is 5.91 Å². The summed E-state index contributed by atoms with van der Waals surface area (Å²) >= 11 is 0. The molecule has 25 heavy (non-hydrogen) atoms. The van der Waals surface area contributed by atoms with Crippen LogP contribution in [-0.2, 0) is 14.3 Å². The van der Waals surface area contributed by atoms with Crippen LogP contribution >= 0.6 is 0 Å². The molecule has 3 rings (SSSR count). The normalized spacial score (nSPS) is 13.8. The number of carboxylic acids is 1. The summed E-state index contributed by atoms with van der Waals surface area (Å²) in [4.78, 5) is 22.7. The fourth-order valence-corrected chi connectivity index (χ4v) is 3.18. The quantitative estimate of drug-likeness (QED) is 0.812. The third-order valence-corrected chi connectivity index (χ3v) is 4.36. The van der Waals surface area contributed by atoms with E-state index >= 15 is 0 Å². The topological polar surface area (TPSA) is 75.6 Å². The van der Waals surface area contributed by atoms with Crippen LogP contribution in [0.1, 0.15) is 37.0 Å². The Morgan fingerprint density at radius 3 is 2.20 bits per heavy atom. The monoisotopic (exact) mass is 339 g/mol. The zero-order valence-corrected chi connectivity index (χ0v) is 14.1. The summed E-state index contributed by atoms with van der Waals surface area (Å²) in [6.45, 7) is 1.73. The smallest absolute Gasteiger partial charge is 0.303 e. The number of carbonyl (C=O) groups excluding carboxylic acids is 1. The minimum Gasteiger partial charge on any atom is -0.481 e. The zero-order valence-electron chi connectivity index (χ0n) is 14.1. The highest BCUT2D eigenvalue weighted by atomic mass is 16.5. The van der Waals surface area contributed by atoms with Gasteiger partial charge < -0.3 is 15.2 Å². The summed E-state index contributed by atoms with van der Waals surface area (Å²) in [5.74, 6) is -1.10. The van der Waals surface area contributed by atoms with Crippen molar-refractivity contribution in [3.8, 4) is 11.1 Å². The number of rotatable bonds is 7. The van der Waals surface area contributed by atoms with Gasteiger partial charge in [0.15, 0.2) is 0 Å². The Kier molecular flexibility index (Phi) is 5.14. The van der Waals surface area contributed by atoms with Crippen LogP contribution in [0.2, 0.25) is 0 Å². The summed E-state index contributed by atoms with van der Waals surface area (Å²) in [6, 6.07) is 15.9. The van der Waals surface area contributed by atoms with Gasteiger partial charge in [-0.05, 0) is 35.6 Å². The molecule has 2 N–H and O–H groups in total. The molecule has 0 radical (unpaired) electrons. The Bertz CT molecular complexity index is 741. The molecular weight excluding hydrogens is 318 g/mol. The second-order valence-electron chi connectivity index (χ2n) is 6.27. The second-order valence-corrected chi connectivity index (χ2v) is 6.27. The zero-order chi connectivity index (χ0) is 17.8. The van der Waals surface area contributed by atoms with Crippen LogP contribution in [0.3, 0.4) is 0 Å². The van der Waals surface area contributed by atoms with Crippen molar-refractivity contribution in [1.82, 2.24) is 5.32 Å². The first-order valence-electron chi connectivity index (χ1n) is 8.37. The van der Waals surface area contributed by atoms with Gasteiger partial charge in [0.25, 0.3) is 0 Å². The summed E-state index contributed by atoms with van der Waals surface area (Å²) in [5.41, 5.74) is 4.41. The van der Waals surface area contributed by atoms with Crippen LogP contribution in [0.25, 0.3) is 11.1 Å². The molecule has 2 aromatic carbocycles. The molecule has 0 bridgehead atoms. The molecule has 1 atom stereocenters. The van der Waals surface area contributed by atoms with Gasteiger partial charge in [-0.25, -0.2) is 0 Å². The van der Waals surface area contributed by atoms with E-state index in [0.29, 0.717) is 6.42 Å². The first-order chi connectivity index (χ1) is 12.1. The SMILES string of the molecule is C[C@H](CCC(=O)O)NC(=O)COC1c2ccccc2-c2ccccc21. The van der Waals surface area contributed by atoms with E-state index in [1.807, 2.05) is 36.4 Å². The van der Waals surface area contributed by atoms with Gasteiger partial charge in [-0.3, -0.25) is 9.59 Å². The van der Waals surface area contributed by atoms with Crippen LogP contribution in [0, 0.1) is 0 Å². The Labute approximate surface area is 146 Å². The van der Waals surface area contributed by atoms with Crippen molar-refractivity contribution in [1.29, 1.82) is 0 Å². The average molecular weight is 339 g/mol. The molecule has 0 fully saturated rings. The van der Waals surface area contributed by atoms with Gasteiger partial charge in [0.1, 0.15) is 12.7 Å².